The SMILES string of the molecule is C=CCOC(=O)C(Cl)N1C(=O)[C@H]([C@@H](C)O[Si](C)(C)C(C)(C)C)[C@H]1CC(=O)c1cn(C)nn1. The van der Waals surface area contributed by atoms with Crippen LogP contribution < -0.4 is 0 Å². The van der Waals surface area contributed by atoms with E-state index in [1.54, 1.807) is 7.05 Å². The maximum Gasteiger partial charge on any atom is 0.344 e. The van der Waals surface area contributed by atoms with Crippen molar-refractivity contribution in [1.82, 2.24) is 19.9 Å². The molecule has 9 nitrogen and oxygen atoms in total. The standard InChI is InChI=1S/C21H33ClN4O5Si/c1-9-10-30-20(29)18(22)26-15(11-16(27)14-12-25(6)24-23-14)17(19(26)28)13(2)31-32(7,8)21(3,4)5/h9,12-13,15,17-18H,1,10-11H2,2-8H3/t13-,15-,17-,18?/m1/s1. The minimum absolute atomic E-state index is 0.0262. The number of nitrogens with zero attached hydrogens (tertiary/aromatic N) is 4. The molecule has 11 heteroatoms. The van der Waals surface area contributed by atoms with Gasteiger partial charge in [-0.05, 0) is 25.1 Å². The highest BCUT2D eigenvalue weighted by Gasteiger charge is 2.56. The summed E-state index contributed by atoms with van der Waals surface area (Å²) in [5.41, 5.74) is -1.16. The van der Waals surface area contributed by atoms with Gasteiger partial charge in [-0.1, -0.05) is 50.2 Å². The summed E-state index contributed by atoms with van der Waals surface area (Å²) >= 11 is 6.29. The highest BCUT2D eigenvalue weighted by atomic mass is 35.5. The monoisotopic (exact) mass is 484 g/mol. The Balaban J connectivity index is 2.27. The number of carbonyl (C=O) groups excluding carboxylic acids is 3. The predicted octanol–water partition coefficient (Wildman–Crippen LogP) is 2.92. The van der Waals surface area contributed by atoms with Crippen molar-refractivity contribution in [3.63, 3.8) is 0 Å². The Labute approximate surface area is 195 Å². The van der Waals surface area contributed by atoms with E-state index in [9.17, 15) is 14.4 Å². The second-order valence-corrected chi connectivity index (χ2v) is 14.8. The van der Waals surface area contributed by atoms with Crippen molar-refractivity contribution in [1.29, 1.82) is 0 Å². The van der Waals surface area contributed by atoms with Crippen LogP contribution in [0.4, 0.5) is 0 Å². The van der Waals surface area contributed by atoms with Gasteiger partial charge in [0.2, 0.25) is 11.4 Å². The molecule has 0 aliphatic carbocycles. The van der Waals surface area contributed by atoms with Gasteiger partial charge in [0.15, 0.2) is 14.1 Å². The van der Waals surface area contributed by atoms with Crippen molar-refractivity contribution >= 4 is 37.6 Å². The Morgan fingerprint density at radius 1 is 1.38 bits per heavy atom. The summed E-state index contributed by atoms with van der Waals surface area (Å²) in [4.78, 5) is 39.4. The van der Waals surface area contributed by atoms with Gasteiger partial charge >= 0.3 is 5.97 Å². The van der Waals surface area contributed by atoms with E-state index in [0.717, 1.165) is 0 Å². The molecule has 0 N–H and O–H groups in total. The first kappa shape index (κ1) is 26.2. The van der Waals surface area contributed by atoms with E-state index >= 15 is 0 Å². The van der Waals surface area contributed by atoms with E-state index in [0.29, 0.717) is 0 Å². The molecule has 1 amide bonds. The average molecular weight is 485 g/mol. The lowest BCUT2D eigenvalue weighted by molar-refractivity contribution is -0.172. The number of aryl methyl sites for hydroxylation is 1. The largest absolute Gasteiger partial charge is 0.459 e. The second-order valence-electron chi connectivity index (χ2n) is 9.58. The maximum atomic E-state index is 13.1. The molecule has 2 rings (SSSR count). The molecule has 0 spiro atoms. The molecule has 1 aliphatic rings. The van der Waals surface area contributed by atoms with Gasteiger partial charge in [0.1, 0.15) is 12.3 Å². The van der Waals surface area contributed by atoms with Crippen LogP contribution in [0.5, 0.6) is 0 Å². The zero-order valence-electron chi connectivity index (χ0n) is 19.8. The number of hydrogen-bond acceptors (Lipinski definition) is 7. The van der Waals surface area contributed by atoms with Gasteiger partial charge in [0.05, 0.1) is 24.3 Å². The highest BCUT2D eigenvalue weighted by molar-refractivity contribution is 6.74. The predicted molar refractivity (Wildman–Crippen MR) is 123 cm³/mol. The number of likely N-dealkylation sites (tertiary alicyclic amines) is 1. The number of ether oxygens (including phenoxy) is 1. The Morgan fingerprint density at radius 3 is 2.50 bits per heavy atom. The number of Topliss-reactive ketones (excluding diaryl/α,β-unsaturated/α-hetero) is 1. The number of rotatable bonds is 10. The molecule has 2 heterocycles. The number of carbonyl (C=O) groups is 3. The third-order valence-corrected chi connectivity index (χ3v) is 11.1. The Morgan fingerprint density at radius 2 is 2.00 bits per heavy atom. The van der Waals surface area contributed by atoms with Gasteiger partial charge in [0.25, 0.3) is 0 Å². The summed E-state index contributed by atoms with van der Waals surface area (Å²) < 4.78 is 12.9. The molecular formula is C21H33ClN4O5Si. The smallest absolute Gasteiger partial charge is 0.344 e. The fourth-order valence-corrected chi connectivity index (χ4v) is 5.15. The van der Waals surface area contributed by atoms with E-state index in [1.165, 1.54) is 21.9 Å². The summed E-state index contributed by atoms with van der Waals surface area (Å²) in [6.07, 6.45) is 2.41. The van der Waals surface area contributed by atoms with Crippen LogP contribution >= 0.6 is 11.6 Å². The summed E-state index contributed by atoms with van der Waals surface area (Å²) in [7, 11) is -0.521. The topological polar surface area (TPSA) is 104 Å². The quantitative estimate of drug-likeness (QED) is 0.0956. The highest BCUT2D eigenvalue weighted by Crippen LogP contribution is 2.42. The number of alkyl halides is 1. The number of halogens is 1. The van der Waals surface area contributed by atoms with Crippen LogP contribution in [-0.4, -0.2) is 70.1 Å². The molecule has 1 fully saturated rings. The van der Waals surface area contributed by atoms with Crippen LogP contribution in [0.1, 0.15) is 44.6 Å². The van der Waals surface area contributed by atoms with Crippen molar-refractivity contribution < 1.29 is 23.5 Å². The molecule has 0 aromatic carbocycles. The fraction of sp³-hybridized carbons (Fsp3) is 0.667. The molecule has 0 radical (unpaired) electrons. The third kappa shape index (κ3) is 5.47. The number of aromatic nitrogens is 3. The first-order valence-electron chi connectivity index (χ1n) is 10.5. The van der Waals surface area contributed by atoms with Crippen LogP contribution in [0.25, 0.3) is 0 Å². The molecule has 0 saturated carbocycles. The van der Waals surface area contributed by atoms with E-state index < -0.39 is 37.9 Å². The van der Waals surface area contributed by atoms with Crippen molar-refractivity contribution in [2.75, 3.05) is 6.61 Å². The minimum Gasteiger partial charge on any atom is -0.459 e. The van der Waals surface area contributed by atoms with E-state index in [4.69, 9.17) is 20.8 Å². The zero-order valence-corrected chi connectivity index (χ0v) is 21.5. The zero-order chi connectivity index (χ0) is 24.4. The van der Waals surface area contributed by atoms with Crippen LogP contribution in [0.3, 0.4) is 0 Å². The van der Waals surface area contributed by atoms with Gasteiger partial charge in [-0.2, -0.15) is 0 Å². The lowest BCUT2D eigenvalue weighted by atomic mass is 9.80. The molecule has 0 bridgehead atoms. The Bertz CT molecular complexity index is 882. The van der Waals surface area contributed by atoms with Crippen LogP contribution in [0, 0.1) is 5.92 Å². The molecule has 1 aliphatic heterocycles. The molecule has 4 atom stereocenters. The van der Waals surface area contributed by atoms with Gasteiger partial charge in [-0.3, -0.25) is 14.3 Å². The number of β-lactam (4-membered cyclic amide) rings is 1. The minimum atomic E-state index is -2.18. The first-order chi connectivity index (χ1) is 14.7. The Kier molecular flexibility index (Phi) is 8.06. The lowest BCUT2D eigenvalue weighted by Gasteiger charge is -2.52. The lowest BCUT2D eigenvalue weighted by Crippen LogP contribution is -2.69. The van der Waals surface area contributed by atoms with Gasteiger partial charge in [-0.15, -0.1) is 5.10 Å². The van der Waals surface area contributed by atoms with Gasteiger partial charge in [-0.25, -0.2) is 4.79 Å². The fourth-order valence-electron chi connectivity index (χ4n) is 3.42. The normalized spacial score (nSPS) is 21.0. The second kappa shape index (κ2) is 9.84. The van der Waals surface area contributed by atoms with Gasteiger partial charge in [0, 0.05) is 13.5 Å². The van der Waals surface area contributed by atoms with Crippen LogP contribution in [0.2, 0.25) is 18.1 Å². The van der Waals surface area contributed by atoms with E-state index in [2.05, 4.69) is 50.8 Å². The van der Waals surface area contributed by atoms with Crippen molar-refractivity contribution in [3.05, 3.63) is 24.5 Å². The van der Waals surface area contributed by atoms with Crippen LogP contribution in [-0.2, 0) is 25.8 Å². The number of amides is 1. The molecule has 1 saturated heterocycles. The number of esters is 1. The number of ketones is 1. The molecule has 1 unspecified atom stereocenters. The number of hydrogen-bond donors (Lipinski definition) is 0. The van der Waals surface area contributed by atoms with Crippen molar-refractivity contribution in [2.45, 2.75) is 69.9 Å². The summed E-state index contributed by atoms with van der Waals surface area (Å²) in [6, 6.07) is -0.629. The van der Waals surface area contributed by atoms with E-state index in [-0.39, 0.29) is 35.5 Å². The maximum absolute atomic E-state index is 13.1. The Hall–Kier alpha value is -2.04. The third-order valence-electron chi connectivity index (χ3n) is 6.17. The summed E-state index contributed by atoms with van der Waals surface area (Å²) in [6.45, 7) is 15.8. The average Bonchev–Trinajstić information content (AvgIpc) is 3.10. The molecule has 1 aromatic rings. The summed E-state index contributed by atoms with van der Waals surface area (Å²) in [5, 5.41) is 7.59. The molecule has 178 valence electrons. The van der Waals surface area contributed by atoms with Crippen LogP contribution in [0.15, 0.2) is 18.9 Å². The summed E-state index contributed by atoms with van der Waals surface area (Å²) in [5.74, 6) is -2.02. The molecule has 32 heavy (non-hydrogen) atoms. The molecular weight excluding hydrogens is 452 g/mol. The molecule has 1 aromatic heterocycles. The van der Waals surface area contributed by atoms with Crippen molar-refractivity contribution in [3.8, 4) is 0 Å². The van der Waals surface area contributed by atoms with Gasteiger partial charge < -0.3 is 14.1 Å². The van der Waals surface area contributed by atoms with Crippen molar-refractivity contribution in [2.24, 2.45) is 13.0 Å². The first-order valence-corrected chi connectivity index (χ1v) is 13.9. The van der Waals surface area contributed by atoms with E-state index in [1.807, 2.05) is 6.92 Å².